The van der Waals surface area contributed by atoms with E-state index in [1.165, 1.54) is 18.2 Å². The number of aliphatic hydroxyl groups excluding tert-OH is 1. The number of rotatable bonds is 1. The summed E-state index contributed by atoms with van der Waals surface area (Å²) in [7, 11) is 0. The van der Waals surface area contributed by atoms with Crippen LogP contribution < -0.4 is 4.74 Å². The second-order valence-corrected chi connectivity index (χ2v) is 4.53. The topological polar surface area (TPSA) is 29.5 Å². The van der Waals surface area contributed by atoms with E-state index < -0.39 is 23.8 Å². The van der Waals surface area contributed by atoms with Gasteiger partial charge in [0.2, 0.25) is 0 Å². The van der Waals surface area contributed by atoms with Crippen molar-refractivity contribution < 1.29 is 18.6 Å². The summed E-state index contributed by atoms with van der Waals surface area (Å²) in [5, 5.41) is 10.0. The fourth-order valence-corrected chi connectivity index (χ4v) is 2.39. The molecule has 2 atom stereocenters. The largest absolute Gasteiger partial charge is 0.485 e. The van der Waals surface area contributed by atoms with Crippen molar-refractivity contribution >= 4 is 0 Å². The molecular formula is C15H12F2O2. The number of aliphatic hydroxyl groups is 1. The lowest BCUT2D eigenvalue weighted by molar-refractivity contribution is 0.0621. The summed E-state index contributed by atoms with van der Waals surface area (Å²) in [5.41, 5.74) is 0.520. The summed E-state index contributed by atoms with van der Waals surface area (Å²) in [6.07, 6.45) is -1.46. The number of hydrogen-bond acceptors (Lipinski definition) is 2. The van der Waals surface area contributed by atoms with E-state index in [-0.39, 0.29) is 12.0 Å². The van der Waals surface area contributed by atoms with Gasteiger partial charge in [0.25, 0.3) is 0 Å². The first-order valence-corrected chi connectivity index (χ1v) is 6.04. The first-order chi connectivity index (χ1) is 9.16. The molecule has 19 heavy (non-hydrogen) atoms. The predicted octanol–water partition coefficient (Wildman–Crippen LogP) is 3.52. The number of halogens is 2. The summed E-state index contributed by atoms with van der Waals surface area (Å²) >= 11 is 0. The van der Waals surface area contributed by atoms with Gasteiger partial charge >= 0.3 is 0 Å². The molecule has 1 N–H and O–H groups in total. The average molecular weight is 262 g/mol. The molecule has 2 nitrogen and oxygen atoms in total. The van der Waals surface area contributed by atoms with Gasteiger partial charge in [0.05, 0.1) is 11.7 Å². The molecular weight excluding hydrogens is 250 g/mol. The molecule has 4 heteroatoms. The van der Waals surface area contributed by atoms with Crippen molar-refractivity contribution in [2.45, 2.75) is 18.6 Å². The van der Waals surface area contributed by atoms with Crippen LogP contribution in [0.5, 0.6) is 5.75 Å². The molecule has 0 spiro atoms. The maximum Gasteiger partial charge on any atom is 0.133 e. The van der Waals surface area contributed by atoms with Crippen molar-refractivity contribution in [1.29, 1.82) is 0 Å². The molecule has 0 saturated carbocycles. The van der Waals surface area contributed by atoms with Gasteiger partial charge in [-0.05, 0) is 18.2 Å². The van der Waals surface area contributed by atoms with Crippen LogP contribution in [0.25, 0.3) is 0 Å². The average Bonchev–Trinajstić information content (AvgIpc) is 2.38. The van der Waals surface area contributed by atoms with Gasteiger partial charge in [0.1, 0.15) is 23.5 Å². The number of fused-ring (bicyclic) bond motifs is 1. The van der Waals surface area contributed by atoms with Gasteiger partial charge in [-0.3, -0.25) is 0 Å². The highest BCUT2D eigenvalue weighted by atomic mass is 19.1. The SMILES string of the molecule is O[C@H]1CC(c2c(F)cccc2F)Oc2ccccc21. The highest BCUT2D eigenvalue weighted by molar-refractivity contribution is 5.38. The minimum atomic E-state index is -0.814. The first-order valence-electron chi connectivity index (χ1n) is 6.04. The van der Waals surface area contributed by atoms with E-state index in [9.17, 15) is 13.9 Å². The molecule has 0 fully saturated rings. The summed E-state index contributed by atoms with van der Waals surface area (Å²) in [4.78, 5) is 0. The highest BCUT2D eigenvalue weighted by Gasteiger charge is 2.31. The van der Waals surface area contributed by atoms with E-state index in [0.717, 1.165) is 0 Å². The third-order valence-electron chi connectivity index (χ3n) is 3.31. The number of para-hydroxylation sites is 1. The van der Waals surface area contributed by atoms with E-state index in [0.29, 0.717) is 11.3 Å². The zero-order valence-corrected chi connectivity index (χ0v) is 10.0. The second kappa shape index (κ2) is 4.63. The van der Waals surface area contributed by atoms with E-state index in [1.54, 1.807) is 24.3 Å². The number of hydrogen-bond donors (Lipinski definition) is 1. The summed E-state index contributed by atoms with van der Waals surface area (Å²) < 4.78 is 33.1. The Morgan fingerprint density at radius 1 is 1.00 bits per heavy atom. The maximum absolute atomic E-state index is 13.7. The molecule has 0 amide bonds. The first kappa shape index (κ1) is 12.1. The lowest BCUT2D eigenvalue weighted by Crippen LogP contribution is -2.21. The molecule has 1 heterocycles. The third-order valence-corrected chi connectivity index (χ3v) is 3.31. The molecule has 2 aromatic rings. The van der Waals surface area contributed by atoms with Crippen LogP contribution >= 0.6 is 0 Å². The van der Waals surface area contributed by atoms with Crippen LogP contribution in [0.2, 0.25) is 0 Å². The standard InChI is InChI=1S/C15H12F2O2/c16-10-5-3-6-11(17)15(10)14-8-12(18)9-4-1-2-7-13(9)19-14/h1-7,12,14,18H,8H2/t12-,14?/m0/s1. The predicted molar refractivity (Wildman–Crippen MR) is 65.7 cm³/mol. The summed E-state index contributed by atoms with van der Waals surface area (Å²) in [5.74, 6) is -0.845. The van der Waals surface area contributed by atoms with Gasteiger partial charge in [0, 0.05) is 12.0 Å². The van der Waals surface area contributed by atoms with E-state index in [4.69, 9.17) is 4.74 Å². The van der Waals surface area contributed by atoms with E-state index >= 15 is 0 Å². The lowest BCUT2D eigenvalue weighted by atomic mass is 9.94. The van der Waals surface area contributed by atoms with Crippen molar-refractivity contribution in [3.8, 4) is 5.75 Å². The third kappa shape index (κ3) is 2.08. The normalized spacial score (nSPS) is 21.6. The van der Waals surface area contributed by atoms with Crippen molar-refractivity contribution in [3.05, 3.63) is 65.2 Å². The van der Waals surface area contributed by atoms with Gasteiger partial charge in [-0.15, -0.1) is 0 Å². The van der Waals surface area contributed by atoms with Gasteiger partial charge in [-0.2, -0.15) is 0 Å². The molecule has 0 radical (unpaired) electrons. The Kier molecular flexibility index (Phi) is 2.95. The monoisotopic (exact) mass is 262 g/mol. The molecule has 0 aromatic heterocycles. The van der Waals surface area contributed by atoms with Gasteiger partial charge in [0.15, 0.2) is 0 Å². The van der Waals surface area contributed by atoms with E-state index in [2.05, 4.69) is 0 Å². The molecule has 1 aliphatic rings. The summed E-state index contributed by atoms with van der Waals surface area (Å²) in [6.45, 7) is 0. The Labute approximate surface area is 109 Å². The van der Waals surface area contributed by atoms with Gasteiger partial charge in [-0.25, -0.2) is 8.78 Å². The Hall–Kier alpha value is -1.94. The van der Waals surface area contributed by atoms with Gasteiger partial charge in [-0.1, -0.05) is 24.3 Å². The smallest absolute Gasteiger partial charge is 0.133 e. The van der Waals surface area contributed by atoms with Crippen molar-refractivity contribution in [1.82, 2.24) is 0 Å². The van der Waals surface area contributed by atoms with Crippen molar-refractivity contribution in [2.24, 2.45) is 0 Å². The molecule has 2 aromatic carbocycles. The molecule has 1 aliphatic heterocycles. The molecule has 3 rings (SSSR count). The number of ether oxygens (including phenoxy) is 1. The Morgan fingerprint density at radius 3 is 2.42 bits per heavy atom. The van der Waals surface area contributed by atoms with Crippen LogP contribution in [0.1, 0.15) is 29.8 Å². The minimum Gasteiger partial charge on any atom is -0.485 e. The Balaban J connectivity index is 2.02. The van der Waals surface area contributed by atoms with Crippen molar-refractivity contribution in [2.75, 3.05) is 0 Å². The van der Waals surface area contributed by atoms with Crippen molar-refractivity contribution in [3.63, 3.8) is 0 Å². The maximum atomic E-state index is 13.7. The molecule has 1 unspecified atom stereocenters. The Bertz CT molecular complexity index is 593. The van der Waals surface area contributed by atoms with Crippen LogP contribution in [0.4, 0.5) is 8.78 Å². The quantitative estimate of drug-likeness (QED) is 0.852. The molecule has 0 aliphatic carbocycles. The molecule has 98 valence electrons. The second-order valence-electron chi connectivity index (χ2n) is 4.53. The van der Waals surface area contributed by atoms with Crippen LogP contribution in [-0.4, -0.2) is 5.11 Å². The lowest BCUT2D eigenvalue weighted by Gasteiger charge is -2.30. The summed E-state index contributed by atoms with van der Waals surface area (Å²) in [6, 6.07) is 10.7. The molecule has 0 saturated heterocycles. The van der Waals surface area contributed by atoms with Crippen LogP contribution in [0.15, 0.2) is 42.5 Å². The Morgan fingerprint density at radius 2 is 1.68 bits per heavy atom. The minimum absolute atomic E-state index is 0.129. The number of benzene rings is 2. The fraction of sp³-hybridized carbons (Fsp3) is 0.200. The molecule has 0 bridgehead atoms. The fourth-order valence-electron chi connectivity index (χ4n) is 2.39. The van der Waals surface area contributed by atoms with E-state index in [1.807, 2.05) is 0 Å². The zero-order chi connectivity index (χ0) is 13.4. The van der Waals surface area contributed by atoms with Gasteiger partial charge < -0.3 is 9.84 Å². The highest BCUT2D eigenvalue weighted by Crippen LogP contribution is 2.41. The zero-order valence-electron chi connectivity index (χ0n) is 10.0. The van der Waals surface area contributed by atoms with Crippen LogP contribution in [-0.2, 0) is 0 Å². The van der Waals surface area contributed by atoms with Crippen LogP contribution in [0.3, 0.4) is 0 Å². The van der Waals surface area contributed by atoms with Crippen LogP contribution in [0, 0.1) is 11.6 Å².